The van der Waals surface area contributed by atoms with Crippen LogP contribution in [-0.2, 0) is 65.4 Å². The van der Waals surface area contributed by atoms with E-state index in [-0.39, 0.29) is 25.7 Å². The van der Waals surface area contributed by atoms with Crippen LogP contribution in [0.2, 0.25) is 0 Å². The molecule has 0 aromatic rings. The molecular weight excluding hydrogens is 1280 g/mol. The largest absolute Gasteiger partial charge is 0.472 e. The zero-order valence-corrected chi connectivity index (χ0v) is 63.7. The summed E-state index contributed by atoms with van der Waals surface area (Å²) in [5.74, 6) is -2.20. The number of hydrogen-bond donors (Lipinski definition) is 3. The fraction of sp³-hybridized carbons (Fsp3) is 0.772. The average Bonchev–Trinajstić information content (AvgIpc) is 1.04. The lowest BCUT2D eigenvalue weighted by Crippen LogP contribution is -2.30. The highest BCUT2D eigenvalue weighted by Crippen LogP contribution is 2.45. The number of carbonyl (C=O) groups is 4. The van der Waals surface area contributed by atoms with Gasteiger partial charge in [0.1, 0.15) is 19.3 Å². The molecule has 0 aromatic carbocycles. The molecule has 17 nitrogen and oxygen atoms in total. The molecule has 0 spiro atoms. The van der Waals surface area contributed by atoms with Crippen LogP contribution in [0.1, 0.15) is 336 Å². The first kappa shape index (κ1) is 94.2. The van der Waals surface area contributed by atoms with E-state index in [2.05, 4.69) is 113 Å². The summed E-state index contributed by atoms with van der Waals surface area (Å²) in [6.07, 6.45) is 72.8. The quantitative estimate of drug-likeness (QED) is 0.0169. The average molecular weight is 1420 g/mol. The van der Waals surface area contributed by atoms with Crippen molar-refractivity contribution < 1.29 is 80.2 Å². The fourth-order valence-corrected chi connectivity index (χ4v) is 12.1. The van der Waals surface area contributed by atoms with Crippen molar-refractivity contribution >= 4 is 39.5 Å². The van der Waals surface area contributed by atoms with Crippen molar-refractivity contribution in [2.45, 2.75) is 354 Å². The fourth-order valence-electron chi connectivity index (χ4n) is 10.5. The van der Waals surface area contributed by atoms with E-state index in [1.165, 1.54) is 96.3 Å². The number of phosphoric ester groups is 2. The van der Waals surface area contributed by atoms with E-state index in [9.17, 15) is 43.2 Å². The number of phosphoric acid groups is 2. The molecule has 0 rings (SSSR count). The van der Waals surface area contributed by atoms with Crippen molar-refractivity contribution in [3.63, 3.8) is 0 Å². The van der Waals surface area contributed by atoms with Crippen LogP contribution in [0.25, 0.3) is 0 Å². The summed E-state index contributed by atoms with van der Waals surface area (Å²) < 4.78 is 68.5. The maximum absolute atomic E-state index is 13.1. The second-order valence-electron chi connectivity index (χ2n) is 25.9. The Hall–Kier alpha value is -3.76. The van der Waals surface area contributed by atoms with Gasteiger partial charge in [-0.3, -0.25) is 37.3 Å². The number of hydrogen-bond acceptors (Lipinski definition) is 15. The van der Waals surface area contributed by atoms with Crippen LogP contribution in [-0.4, -0.2) is 96.7 Å². The number of unbranched alkanes of at least 4 members (excludes halogenated alkanes) is 33. The summed E-state index contributed by atoms with van der Waals surface area (Å²) in [7, 11) is -9.95. The molecule has 0 aromatic heterocycles. The molecule has 3 N–H and O–H groups in total. The summed E-state index contributed by atoms with van der Waals surface area (Å²) in [4.78, 5) is 72.9. The van der Waals surface area contributed by atoms with Crippen LogP contribution in [0, 0.1) is 0 Å². The van der Waals surface area contributed by atoms with E-state index in [1.54, 1.807) is 0 Å². The van der Waals surface area contributed by atoms with E-state index < -0.39 is 97.5 Å². The van der Waals surface area contributed by atoms with Gasteiger partial charge in [0.25, 0.3) is 0 Å². The Morgan fingerprint density at radius 1 is 0.296 bits per heavy atom. The van der Waals surface area contributed by atoms with Crippen LogP contribution < -0.4 is 0 Å². The minimum atomic E-state index is -4.98. The lowest BCUT2D eigenvalue weighted by molar-refractivity contribution is -0.161. The molecule has 0 saturated heterocycles. The molecule has 0 aliphatic heterocycles. The molecule has 0 bridgehead atoms. The molecule has 0 fully saturated rings. The summed E-state index contributed by atoms with van der Waals surface area (Å²) in [6, 6.07) is 0. The first-order valence-electron chi connectivity index (χ1n) is 38.8. The first-order valence-corrected chi connectivity index (χ1v) is 41.8. The van der Waals surface area contributed by atoms with Crippen molar-refractivity contribution in [2.75, 3.05) is 39.6 Å². The van der Waals surface area contributed by atoms with Gasteiger partial charge in [-0.05, 0) is 116 Å². The SMILES string of the molecule is CC/C=C\C/C=C\C/C=C\CCCCCCCC(=O)OCC(COP(=O)(O)OCC(O)COP(=O)(O)OCC(COC(=O)CCCCCCCCCCCCCCCCC)OC(=O)CCCCCCC/C=C\CCCCCC)OC(=O)CCCCCCC/C=C\C/C=C\C/C=C\CC. The third-order valence-corrected chi connectivity index (χ3v) is 18.3. The normalized spacial score (nSPS) is 14.4. The van der Waals surface area contributed by atoms with Crippen molar-refractivity contribution in [1.29, 1.82) is 0 Å². The summed E-state index contributed by atoms with van der Waals surface area (Å²) >= 11 is 0. The second kappa shape index (κ2) is 71.6. The molecule has 0 aliphatic rings. The summed E-state index contributed by atoms with van der Waals surface area (Å²) in [5, 5.41) is 10.6. The van der Waals surface area contributed by atoms with Crippen LogP contribution in [0.3, 0.4) is 0 Å². The zero-order valence-electron chi connectivity index (χ0n) is 62.0. The molecule has 0 amide bonds. The number of aliphatic hydroxyl groups excluding tert-OH is 1. The smallest absolute Gasteiger partial charge is 0.462 e. The second-order valence-corrected chi connectivity index (χ2v) is 28.8. The van der Waals surface area contributed by atoms with Crippen LogP contribution in [0.4, 0.5) is 0 Å². The minimum absolute atomic E-state index is 0.0722. The molecule has 19 heteroatoms. The molecule has 5 atom stereocenters. The van der Waals surface area contributed by atoms with Gasteiger partial charge in [-0.15, -0.1) is 0 Å². The Morgan fingerprint density at radius 2 is 0.531 bits per heavy atom. The topological polar surface area (TPSA) is 237 Å². The number of ether oxygens (including phenoxy) is 4. The number of allylic oxidation sites excluding steroid dienone is 14. The Balaban J connectivity index is 5.35. The predicted molar refractivity (Wildman–Crippen MR) is 399 cm³/mol. The van der Waals surface area contributed by atoms with Crippen LogP contribution >= 0.6 is 15.6 Å². The molecule has 0 heterocycles. The van der Waals surface area contributed by atoms with E-state index in [0.717, 1.165) is 161 Å². The van der Waals surface area contributed by atoms with Gasteiger partial charge < -0.3 is 33.8 Å². The highest BCUT2D eigenvalue weighted by molar-refractivity contribution is 7.47. The third kappa shape index (κ3) is 70.7. The molecule has 568 valence electrons. The zero-order chi connectivity index (χ0) is 71.8. The maximum atomic E-state index is 13.1. The van der Waals surface area contributed by atoms with Crippen LogP contribution in [0.15, 0.2) is 85.1 Å². The highest BCUT2D eigenvalue weighted by atomic mass is 31.2. The van der Waals surface area contributed by atoms with Crippen LogP contribution in [0.5, 0.6) is 0 Å². The van der Waals surface area contributed by atoms with Gasteiger partial charge in [-0.25, -0.2) is 9.13 Å². The Morgan fingerprint density at radius 3 is 0.837 bits per heavy atom. The molecular formula is C79H140O17P2. The molecule has 0 aliphatic carbocycles. The van der Waals surface area contributed by atoms with Gasteiger partial charge in [0, 0.05) is 25.7 Å². The monoisotopic (exact) mass is 1420 g/mol. The standard InChI is InChI=1S/C79H140O17P2/c1-5-9-13-17-21-25-29-33-36-40-43-47-51-55-59-63-76(81)89-69-74(95-78(83)65-61-57-53-49-45-39-32-28-24-20-16-12-8-4)71-93-97(85,86)91-67-73(80)68-92-98(87,88)94-72-75(96-79(84)66-62-58-54-50-46-42-38-35-31-27-23-19-15-11-7-3)70-90-77(82)64-60-56-52-48-44-41-37-34-30-26-22-18-14-10-6-2/h10-11,14-15,22-23,26-28,32,34-35,37-38,73-75,80H,5-9,12-13,16-21,24-25,29-31,33,36,39-72H2,1-4H3,(H,85,86)(H,87,88)/b14-10-,15-11-,26-22-,27-23-,32-28-,37-34-,38-35-. The minimum Gasteiger partial charge on any atom is -0.462 e. The Kier molecular flexibility index (Phi) is 68.9. The van der Waals surface area contributed by atoms with Gasteiger partial charge in [-0.1, -0.05) is 280 Å². The van der Waals surface area contributed by atoms with Crippen molar-refractivity contribution in [3.05, 3.63) is 85.1 Å². The third-order valence-electron chi connectivity index (χ3n) is 16.4. The van der Waals surface area contributed by atoms with Gasteiger partial charge in [0.2, 0.25) is 0 Å². The number of aliphatic hydroxyl groups is 1. The van der Waals surface area contributed by atoms with Crippen molar-refractivity contribution in [2.24, 2.45) is 0 Å². The predicted octanol–water partition coefficient (Wildman–Crippen LogP) is 22.2. The van der Waals surface area contributed by atoms with Gasteiger partial charge >= 0.3 is 39.5 Å². The number of esters is 4. The highest BCUT2D eigenvalue weighted by Gasteiger charge is 2.30. The van der Waals surface area contributed by atoms with E-state index in [0.29, 0.717) is 25.7 Å². The summed E-state index contributed by atoms with van der Waals surface area (Å²) in [6.45, 7) is 4.63. The van der Waals surface area contributed by atoms with Gasteiger partial charge in [-0.2, -0.15) is 0 Å². The molecule has 5 unspecified atom stereocenters. The van der Waals surface area contributed by atoms with E-state index in [4.69, 9.17) is 37.0 Å². The van der Waals surface area contributed by atoms with Crippen molar-refractivity contribution in [3.8, 4) is 0 Å². The van der Waals surface area contributed by atoms with E-state index >= 15 is 0 Å². The maximum Gasteiger partial charge on any atom is 0.472 e. The lowest BCUT2D eigenvalue weighted by atomic mass is 10.0. The van der Waals surface area contributed by atoms with E-state index in [1.807, 2.05) is 0 Å². The first-order chi connectivity index (χ1) is 47.7. The van der Waals surface area contributed by atoms with Gasteiger partial charge in [0.15, 0.2) is 12.2 Å². The number of carbonyl (C=O) groups excluding carboxylic acids is 4. The molecule has 0 saturated carbocycles. The van der Waals surface area contributed by atoms with Gasteiger partial charge in [0.05, 0.1) is 26.4 Å². The Bertz CT molecular complexity index is 2190. The molecule has 98 heavy (non-hydrogen) atoms. The summed E-state index contributed by atoms with van der Waals surface area (Å²) in [5.41, 5.74) is 0. The lowest BCUT2D eigenvalue weighted by Gasteiger charge is -2.21. The Labute approximate surface area is 595 Å². The van der Waals surface area contributed by atoms with Crippen molar-refractivity contribution in [1.82, 2.24) is 0 Å². The number of rotatable bonds is 73. The molecule has 0 radical (unpaired) electrons.